The second-order valence-electron chi connectivity index (χ2n) is 7.36. The second kappa shape index (κ2) is 10.3. The van der Waals surface area contributed by atoms with Crippen LogP contribution in [0.2, 0.25) is 0 Å². The van der Waals surface area contributed by atoms with Crippen LogP contribution in [0.15, 0.2) is 35.7 Å². The molecule has 1 fully saturated rings. The summed E-state index contributed by atoms with van der Waals surface area (Å²) in [6.07, 6.45) is 2.00. The first-order valence-electron chi connectivity index (χ1n) is 10.2. The number of thiophene rings is 1. The third kappa shape index (κ3) is 5.32. The van der Waals surface area contributed by atoms with E-state index in [0.717, 1.165) is 45.6 Å². The van der Waals surface area contributed by atoms with Crippen LogP contribution in [0.3, 0.4) is 0 Å². The van der Waals surface area contributed by atoms with Crippen molar-refractivity contribution < 1.29 is 0 Å². The smallest absolute Gasteiger partial charge is 0.170 e. The van der Waals surface area contributed by atoms with Crippen molar-refractivity contribution in [3.63, 3.8) is 0 Å². The van der Waals surface area contributed by atoms with Gasteiger partial charge in [0.15, 0.2) is 5.11 Å². The minimum atomic E-state index is 0.362. The Morgan fingerprint density at radius 2 is 1.75 bits per heavy atom. The van der Waals surface area contributed by atoms with Crippen molar-refractivity contribution in [1.82, 2.24) is 15.1 Å². The molecule has 0 unspecified atom stereocenters. The molecule has 4 nitrogen and oxygen atoms in total. The number of rotatable bonds is 7. The highest BCUT2D eigenvalue weighted by atomic mass is 32.1. The summed E-state index contributed by atoms with van der Waals surface area (Å²) in [5, 5.41) is 9.87. The average Bonchev–Trinajstić information content (AvgIpc) is 3.24. The fourth-order valence-electron chi connectivity index (χ4n) is 3.77. The van der Waals surface area contributed by atoms with Gasteiger partial charge in [0.25, 0.3) is 0 Å². The van der Waals surface area contributed by atoms with Crippen LogP contribution in [0.4, 0.5) is 5.69 Å². The van der Waals surface area contributed by atoms with Crippen LogP contribution in [-0.2, 0) is 12.8 Å². The van der Waals surface area contributed by atoms with Gasteiger partial charge < -0.3 is 15.5 Å². The van der Waals surface area contributed by atoms with Crippen LogP contribution >= 0.6 is 23.6 Å². The maximum absolute atomic E-state index is 5.67. The lowest BCUT2D eigenvalue weighted by molar-refractivity contribution is 0.114. The predicted molar refractivity (Wildman–Crippen MR) is 126 cm³/mol. The summed E-state index contributed by atoms with van der Waals surface area (Å²) in [6, 6.07) is 11.3. The van der Waals surface area contributed by atoms with Crippen LogP contribution in [0.5, 0.6) is 0 Å². The largest absolute Gasteiger partial charge is 0.360 e. The van der Waals surface area contributed by atoms with Gasteiger partial charge in [-0.15, -0.1) is 11.3 Å². The van der Waals surface area contributed by atoms with Gasteiger partial charge in [-0.2, -0.15) is 0 Å². The molecule has 1 aromatic carbocycles. The lowest BCUT2D eigenvalue weighted by Gasteiger charge is -2.37. The molecular weight excluding hydrogens is 384 g/mol. The highest BCUT2D eigenvalue weighted by molar-refractivity contribution is 7.80. The lowest BCUT2D eigenvalue weighted by atomic mass is 10.0. The Hall–Kier alpha value is -1.47. The van der Waals surface area contributed by atoms with Gasteiger partial charge in [-0.25, -0.2) is 0 Å². The van der Waals surface area contributed by atoms with Gasteiger partial charge in [0.05, 0.1) is 6.04 Å². The van der Waals surface area contributed by atoms with Gasteiger partial charge in [-0.1, -0.05) is 38.1 Å². The molecule has 0 amide bonds. The number of nitrogens with one attached hydrogen (secondary N) is 2. The maximum Gasteiger partial charge on any atom is 0.170 e. The molecule has 2 heterocycles. The highest BCUT2D eigenvalue weighted by Crippen LogP contribution is 2.26. The van der Waals surface area contributed by atoms with Crippen LogP contribution in [-0.4, -0.2) is 54.7 Å². The lowest BCUT2D eigenvalue weighted by Crippen LogP contribution is -2.48. The van der Waals surface area contributed by atoms with Gasteiger partial charge in [-0.3, -0.25) is 4.90 Å². The van der Waals surface area contributed by atoms with Crippen molar-refractivity contribution in [2.75, 3.05) is 45.1 Å². The summed E-state index contributed by atoms with van der Waals surface area (Å²) in [4.78, 5) is 6.39. The Bertz CT molecular complexity index is 730. The fraction of sp³-hybridized carbons (Fsp3) is 0.500. The molecule has 0 aliphatic carbocycles. The number of benzene rings is 1. The standard InChI is InChI=1S/C22H32N4S2/c1-4-17-8-6-9-18(5-2)21(17)24-22(27)23-16-19(20-10-7-15-28-20)26-13-11-25(3)12-14-26/h6-10,15,19H,4-5,11-14,16H2,1-3H3,(H2,23,24,27)/t19-/m1/s1. The molecule has 1 saturated heterocycles. The number of piperazine rings is 1. The molecule has 0 radical (unpaired) electrons. The second-order valence-corrected chi connectivity index (χ2v) is 8.75. The van der Waals surface area contributed by atoms with Gasteiger partial charge >= 0.3 is 0 Å². The molecule has 28 heavy (non-hydrogen) atoms. The minimum Gasteiger partial charge on any atom is -0.360 e. The van der Waals surface area contributed by atoms with E-state index in [9.17, 15) is 0 Å². The van der Waals surface area contributed by atoms with Crippen molar-refractivity contribution >= 4 is 34.4 Å². The Labute approximate surface area is 178 Å². The van der Waals surface area contributed by atoms with E-state index in [1.165, 1.54) is 21.7 Å². The monoisotopic (exact) mass is 416 g/mol. The molecule has 0 bridgehead atoms. The van der Waals surface area contributed by atoms with E-state index in [1.54, 1.807) is 0 Å². The summed E-state index contributed by atoms with van der Waals surface area (Å²) in [5.74, 6) is 0. The van der Waals surface area contributed by atoms with Gasteiger partial charge in [0.1, 0.15) is 0 Å². The quantitative estimate of drug-likeness (QED) is 0.662. The van der Waals surface area contributed by atoms with Gasteiger partial charge in [0, 0.05) is 43.3 Å². The first-order chi connectivity index (χ1) is 13.6. The normalized spacial score (nSPS) is 16.7. The SMILES string of the molecule is CCc1cccc(CC)c1NC(=S)NC[C@H](c1cccs1)N1CCN(C)CC1. The van der Waals surface area contributed by atoms with E-state index < -0.39 is 0 Å². The average molecular weight is 417 g/mol. The van der Waals surface area contributed by atoms with Crippen molar-refractivity contribution in [3.8, 4) is 0 Å². The molecule has 0 spiro atoms. The Morgan fingerprint density at radius 1 is 1.07 bits per heavy atom. The van der Waals surface area contributed by atoms with E-state index in [1.807, 2.05) is 11.3 Å². The summed E-state index contributed by atoms with van der Waals surface area (Å²) in [5.41, 5.74) is 3.81. The number of hydrogen-bond acceptors (Lipinski definition) is 4. The molecular formula is C22H32N4S2. The van der Waals surface area contributed by atoms with Crippen molar-refractivity contribution in [2.24, 2.45) is 0 Å². The fourth-order valence-corrected chi connectivity index (χ4v) is 4.82. The third-order valence-electron chi connectivity index (χ3n) is 5.54. The van der Waals surface area contributed by atoms with Crippen LogP contribution in [0.25, 0.3) is 0 Å². The van der Waals surface area contributed by atoms with Crippen molar-refractivity contribution in [1.29, 1.82) is 0 Å². The van der Waals surface area contributed by atoms with Gasteiger partial charge in [0.2, 0.25) is 0 Å². The molecule has 1 aliphatic rings. The van der Waals surface area contributed by atoms with E-state index in [0.29, 0.717) is 11.2 Å². The summed E-state index contributed by atoms with van der Waals surface area (Å²) in [6.45, 7) is 9.64. The van der Waals surface area contributed by atoms with E-state index in [2.05, 4.69) is 77.0 Å². The zero-order valence-corrected chi connectivity index (χ0v) is 18.8. The number of likely N-dealkylation sites (N-methyl/N-ethyl adjacent to an activating group) is 1. The molecule has 0 saturated carbocycles. The number of anilines is 1. The van der Waals surface area contributed by atoms with Crippen molar-refractivity contribution in [2.45, 2.75) is 32.7 Å². The number of hydrogen-bond donors (Lipinski definition) is 2. The van der Waals surface area contributed by atoms with Crippen LogP contribution in [0, 0.1) is 0 Å². The first kappa shape index (κ1) is 21.2. The predicted octanol–water partition coefficient (Wildman–Crippen LogP) is 4.15. The molecule has 3 rings (SSSR count). The molecule has 1 aliphatic heterocycles. The zero-order chi connectivity index (χ0) is 19.9. The summed E-state index contributed by atoms with van der Waals surface area (Å²) in [7, 11) is 2.20. The minimum absolute atomic E-state index is 0.362. The summed E-state index contributed by atoms with van der Waals surface area (Å²) < 4.78 is 0. The third-order valence-corrected chi connectivity index (χ3v) is 6.76. The molecule has 152 valence electrons. The highest BCUT2D eigenvalue weighted by Gasteiger charge is 2.24. The zero-order valence-electron chi connectivity index (χ0n) is 17.2. The Kier molecular flexibility index (Phi) is 7.85. The molecule has 1 atom stereocenters. The number of para-hydroxylation sites is 1. The van der Waals surface area contributed by atoms with E-state index in [-0.39, 0.29) is 0 Å². The first-order valence-corrected chi connectivity index (χ1v) is 11.5. The Morgan fingerprint density at radius 3 is 2.32 bits per heavy atom. The number of aryl methyl sites for hydroxylation is 2. The molecule has 2 aromatic rings. The number of thiocarbonyl (C=S) groups is 1. The van der Waals surface area contributed by atoms with E-state index in [4.69, 9.17) is 12.2 Å². The van der Waals surface area contributed by atoms with E-state index >= 15 is 0 Å². The van der Waals surface area contributed by atoms with Crippen LogP contribution < -0.4 is 10.6 Å². The topological polar surface area (TPSA) is 30.5 Å². The molecule has 1 aromatic heterocycles. The number of nitrogens with zero attached hydrogens (tertiary/aromatic N) is 2. The van der Waals surface area contributed by atoms with Gasteiger partial charge in [-0.05, 0) is 54.7 Å². The molecule has 2 N–H and O–H groups in total. The Balaban J connectivity index is 1.66. The van der Waals surface area contributed by atoms with Crippen LogP contribution in [0.1, 0.15) is 35.9 Å². The molecule has 6 heteroatoms. The van der Waals surface area contributed by atoms with Crippen molar-refractivity contribution in [3.05, 3.63) is 51.7 Å². The summed E-state index contributed by atoms with van der Waals surface area (Å²) >= 11 is 7.51. The maximum atomic E-state index is 5.67.